The fourth-order valence-electron chi connectivity index (χ4n) is 2.50. The van der Waals surface area contributed by atoms with Gasteiger partial charge >= 0.3 is 5.97 Å². The highest BCUT2D eigenvalue weighted by Crippen LogP contribution is 2.34. The molecule has 3 nitrogen and oxygen atoms in total. The molecule has 17 heavy (non-hydrogen) atoms. The molecule has 1 aliphatic rings. The van der Waals surface area contributed by atoms with Gasteiger partial charge in [-0.3, -0.25) is 4.79 Å². The van der Waals surface area contributed by atoms with Gasteiger partial charge in [0, 0.05) is 5.92 Å². The van der Waals surface area contributed by atoms with E-state index in [1.54, 1.807) is 6.92 Å². The Kier molecular flexibility index (Phi) is 3.48. The number of rotatable bonds is 3. The Bertz CT molecular complexity index is 396. The Hall–Kier alpha value is -1.35. The maximum Gasteiger partial charge on any atom is 0.310 e. The molecule has 0 spiro atoms. The van der Waals surface area contributed by atoms with Gasteiger partial charge in [0.15, 0.2) is 0 Å². The highest BCUT2D eigenvalue weighted by Gasteiger charge is 2.26. The van der Waals surface area contributed by atoms with Crippen LogP contribution >= 0.6 is 0 Å². The SMILES string of the molecule is CC(C(=O)O)c1ccc(C2CCCC2O)cc1. The zero-order valence-corrected chi connectivity index (χ0v) is 9.97. The van der Waals surface area contributed by atoms with Crippen LogP contribution in [0.5, 0.6) is 0 Å². The van der Waals surface area contributed by atoms with E-state index in [1.807, 2.05) is 24.3 Å². The molecule has 2 rings (SSSR count). The molecule has 1 aromatic rings. The second kappa shape index (κ2) is 4.88. The summed E-state index contributed by atoms with van der Waals surface area (Å²) in [6.07, 6.45) is 2.73. The molecule has 1 aromatic carbocycles. The fraction of sp³-hybridized carbons (Fsp3) is 0.500. The fourth-order valence-corrected chi connectivity index (χ4v) is 2.50. The van der Waals surface area contributed by atoms with Crippen molar-refractivity contribution in [3.63, 3.8) is 0 Å². The predicted molar refractivity (Wildman–Crippen MR) is 65.1 cm³/mol. The summed E-state index contributed by atoms with van der Waals surface area (Å²) in [6, 6.07) is 7.63. The normalized spacial score (nSPS) is 25.8. The molecule has 0 radical (unpaired) electrons. The quantitative estimate of drug-likeness (QED) is 0.844. The van der Waals surface area contributed by atoms with E-state index in [-0.39, 0.29) is 12.0 Å². The smallest absolute Gasteiger partial charge is 0.310 e. The number of aliphatic hydroxyl groups is 1. The molecule has 0 bridgehead atoms. The number of aliphatic hydroxyl groups excluding tert-OH is 1. The second-order valence-corrected chi connectivity index (χ2v) is 4.83. The summed E-state index contributed by atoms with van der Waals surface area (Å²) in [5, 5.41) is 18.7. The Morgan fingerprint density at radius 1 is 1.29 bits per heavy atom. The maximum absolute atomic E-state index is 10.9. The number of hydrogen-bond acceptors (Lipinski definition) is 2. The lowest BCUT2D eigenvalue weighted by atomic mass is 9.92. The zero-order valence-electron chi connectivity index (χ0n) is 9.97. The topological polar surface area (TPSA) is 57.5 Å². The van der Waals surface area contributed by atoms with Crippen molar-refractivity contribution >= 4 is 5.97 Å². The highest BCUT2D eigenvalue weighted by molar-refractivity contribution is 5.75. The van der Waals surface area contributed by atoms with Gasteiger partial charge in [0.1, 0.15) is 0 Å². The van der Waals surface area contributed by atoms with Crippen molar-refractivity contribution in [1.82, 2.24) is 0 Å². The van der Waals surface area contributed by atoms with E-state index in [0.29, 0.717) is 0 Å². The Morgan fingerprint density at radius 2 is 1.94 bits per heavy atom. The zero-order chi connectivity index (χ0) is 12.4. The molecular weight excluding hydrogens is 216 g/mol. The van der Waals surface area contributed by atoms with E-state index in [0.717, 1.165) is 30.4 Å². The summed E-state index contributed by atoms with van der Waals surface area (Å²) in [5.74, 6) is -1.06. The molecule has 0 heterocycles. The lowest BCUT2D eigenvalue weighted by Gasteiger charge is -2.15. The molecule has 2 N–H and O–H groups in total. The van der Waals surface area contributed by atoms with E-state index in [1.165, 1.54) is 0 Å². The molecule has 1 aliphatic carbocycles. The van der Waals surface area contributed by atoms with Crippen LogP contribution in [0.25, 0.3) is 0 Å². The Balaban J connectivity index is 2.15. The second-order valence-electron chi connectivity index (χ2n) is 4.83. The monoisotopic (exact) mass is 234 g/mol. The molecule has 1 saturated carbocycles. The van der Waals surface area contributed by atoms with Gasteiger partial charge in [0.05, 0.1) is 12.0 Å². The van der Waals surface area contributed by atoms with Gasteiger partial charge in [-0.05, 0) is 30.9 Å². The average Bonchev–Trinajstić information content (AvgIpc) is 2.74. The first-order chi connectivity index (χ1) is 8.09. The number of carboxylic acid groups (broad SMARTS) is 1. The van der Waals surface area contributed by atoms with Crippen molar-refractivity contribution in [3.8, 4) is 0 Å². The molecule has 3 unspecified atom stereocenters. The minimum atomic E-state index is -0.807. The average molecular weight is 234 g/mol. The number of aliphatic carboxylic acids is 1. The highest BCUT2D eigenvalue weighted by atomic mass is 16.4. The molecule has 3 heteroatoms. The summed E-state index contributed by atoms with van der Waals surface area (Å²) in [4.78, 5) is 10.9. The van der Waals surface area contributed by atoms with Gasteiger partial charge < -0.3 is 10.2 Å². The summed E-state index contributed by atoms with van der Waals surface area (Å²) in [6.45, 7) is 1.68. The van der Waals surface area contributed by atoms with Crippen molar-refractivity contribution in [2.24, 2.45) is 0 Å². The van der Waals surface area contributed by atoms with Gasteiger partial charge in [0.2, 0.25) is 0 Å². The standard InChI is InChI=1S/C14H18O3/c1-9(14(16)17)10-5-7-11(8-6-10)12-3-2-4-13(12)15/h5-9,12-13,15H,2-4H2,1H3,(H,16,17). The van der Waals surface area contributed by atoms with Crippen LogP contribution in [0.3, 0.4) is 0 Å². The molecule has 0 aromatic heterocycles. The van der Waals surface area contributed by atoms with Crippen LogP contribution in [0.1, 0.15) is 49.1 Å². The minimum Gasteiger partial charge on any atom is -0.481 e. The van der Waals surface area contributed by atoms with E-state index in [9.17, 15) is 9.90 Å². The number of carbonyl (C=O) groups is 1. The van der Waals surface area contributed by atoms with Crippen LogP contribution < -0.4 is 0 Å². The van der Waals surface area contributed by atoms with Crippen LogP contribution in [0.15, 0.2) is 24.3 Å². The first kappa shape index (κ1) is 12.1. The minimum absolute atomic E-state index is 0.226. The van der Waals surface area contributed by atoms with Gasteiger partial charge in [-0.2, -0.15) is 0 Å². The molecular formula is C14H18O3. The summed E-state index contributed by atoms with van der Waals surface area (Å²) < 4.78 is 0. The van der Waals surface area contributed by atoms with Gasteiger partial charge in [0.25, 0.3) is 0 Å². The third-order valence-electron chi connectivity index (χ3n) is 3.71. The van der Waals surface area contributed by atoms with E-state index in [2.05, 4.69) is 0 Å². The first-order valence-electron chi connectivity index (χ1n) is 6.10. The van der Waals surface area contributed by atoms with Gasteiger partial charge in [-0.25, -0.2) is 0 Å². The van der Waals surface area contributed by atoms with Gasteiger partial charge in [-0.1, -0.05) is 30.7 Å². The van der Waals surface area contributed by atoms with Crippen molar-refractivity contribution in [2.45, 2.75) is 44.1 Å². The van der Waals surface area contributed by atoms with E-state index >= 15 is 0 Å². The largest absolute Gasteiger partial charge is 0.481 e. The molecule has 0 saturated heterocycles. The number of benzene rings is 1. The Morgan fingerprint density at radius 3 is 2.41 bits per heavy atom. The Labute approximate surface area is 101 Å². The van der Waals surface area contributed by atoms with E-state index < -0.39 is 11.9 Å². The lowest BCUT2D eigenvalue weighted by Crippen LogP contribution is -2.11. The summed E-state index contributed by atoms with van der Waals surface area (Å²) >= 11 is 0. The summed E-state index contributed by atoms with van der Waals surface area (Å²) in [7, 11) is 0. The predicted octanol–water partition coefficient (Wildman–Crippen LogP) is 2.50. The maximum atomic E-state index is 10.9. The first-order valence-corrected chi connectivity index (χ1v) is 6.10. The number of carboxylic acids is 1. The molecule has 1 fully saturated rings. The van der Waals surface area contributed by atoms with Crippen molar-refractivity contribution in [3.05, 3.63) is 35.4 Å². The van der Waals surface area contributed by atoms with Crippen LogP contribution in [0.2, 0.25) is 0 Å². The van der Waals surface area contributed by atoms with Crippen LogP contribution in [0.4, 0.5) is 0 Å². The van der Waals surface area contributed by atoms with E-state index in [4.69, 9.17) is 5.11 Å². The summed E-state index contributed by atoms with van der Waals surface area (Å²) in [5.41, 5.74) is 1.94. The molecule has 0 amide bonds. The van der Waals surface area contributed by atoms with Gasteiger partial charge in [-0.15, -0.1) is 0 Å². The van der Waals surface area contributed by atoms with Crippen molar-refractivity contribution in [2.75, 3.05) is 0 Å². The van der Waals surface area contributed by atoms with Crippen LogP contribution in [0, 0.1) is 0 Å². The third-order valence-corrected chi connectivity index (χ3v) is 3.71. The molecule has 0 aliphatic heterocycles. The van der Waals surface area contributed by atoms with Crippen molar-refractivity contribution < 1.29 is 15.0 Å². The molecule has 92 valence electrons. The third kappa shape index (κ3) is 2.50. The molecule has 3 atom stereocenters. The lowest BCUT2D eigenvalue weighted by molar-refractivity contribution is -0.138. The van der Waals surface area contributed by atoms with Crippen molar-refractivity contribution in [1.29, 1.82) is 0 Å². The number of hydrogen-bond donors (Lipinski definition) is 2. The van der Waals surface area contributed by atoms with Crippen LogP contribution in [-0.4, -0.2) is 22.3 Å². The van der Waals surface area contributed by atoms with Crippen LogP contribution in [-0.2, 0) is 4.79 Å².